The Morgan fingerprint density at radius 1 is 0.379 bits per heavy atom. The zero-order valence-corrected chi connectivity index (χ0v) is 35.1. The third-order valence-electron chi connectivity index (χ3n) is 13.7. The highest BCUT2D eigenvalue weighted by Gasteiger charge is 2.49. The molecule has 0 N–H and O–H groups in total. The molecule has 0 bridgehead atoms. The summed E-state index contributed by atoms with van der Waals surface area (Å²) >= 11 is 0. The van der Waals surface area contributed by atoms with E-state index in [9.17, 15) is 0 Å². The number of pyridine rings is 2. The van der Waals surface area contributed by atoms with E-state index in [1.54, 1.807) is 0 Å². The lowest BCUT2D eigenvalue weighted by molar-refractivity contribution is 0.337. The second-order valence-electron chi connectivity index (χ2n) is 18.1. The summed E-state index contributed by atoms with van der Waals surface area (Å²) in [4.78, 5) is 25.3. The summed E-state index contributed by atoms with van der Waals surface area (Å²) < 4.78 is 4.60. The van der Waals surface area contributed by atoms with Crippen LogP contribution >= 0.6 is 0 Å². The molecule has 0 spiro atoms. The molecule has 2 aliphatic heterocycles. The van der Waals surface area contributed by atoms with Gasteiger partial charge in [0, 0.05) is 21.5 Å². The van der Waals surface area contributed by atoms with Gasteiger partial charge in [-0.3, -0.25) is 19.1 Å². The van der Waals surface area contributed by atoms with E-state index in [0.717, 1.165) is 68.1 Å². The van der Waals surface area contributed by atoms with Gasteiger partial charge in [0.05, 0.1) is 44.2 Å². The molecule has 0 unspecified atom stereocenters. The van der Waals surface area contributed by atoms with Crippen LogP contribution in [0.3, 0.4) is 0 Å². The van der Waals surface area contributed by atoms with Crippen LogP contribution in [0, 0.1) is 0 Å². The largest absolute Gasteiger partial charge is 0.307 e. The van der Waals surface area contributed by atoms with Crippen LogP contribution in [0.15, 0.2) is 131 Å². The van der Waals surface area contributed by atoms with Crippen molar-refractivity contribution in [2.24, 2.45) is 9.98 Å². The first-order valence-electron chi connectivity index (χ1n) is 20.3. The Labute approximate surface area is 340 Å². The normalized spacial score (nSPS) is 18.2. The van der Waals surface area contributed by atoms with Gasteiger partial charge in [-0.1, -0.05) is 60.7 Å². The molecule has 0 saturated heterocycles. The van der Waals surface area contributed by atoms with Gasteiger partial charge in [0.2, 0.25) is 0 Å². The molecule has 8 nitrogen and oxygen atoms in total. The van der Waals surface area contributed by atoms with E-state index in [4.69, 9.17) is 20.0 Å². The molecule has 290 valence electrons. The standard InChI is InChI=1S/C50H50N8/c1-31-53-47(3,4)49(7,8)57(31)45-23-15-21-43(51-45)55-39-19-13-11-17-35(39)37-29-33(25-27-41(37)55)34-26-28-42-38(30-34)36-18-12-14-20-40(36)56(42)44-22-16-24-46(52-44)58-32(2)54-48(5,6)50(58,9)10/h11-30H,1-10H3. The lowest BCUT2D eigenvalue weighted by Crippen LogP contribution is -2.53. The van der Waals surface area contributed by atoms with Crippen molar-refractivity contribution in [2.45, 2.75) is 91.4 Å². The van der Waals surface area contributed by atoms with Crippen molar-refractivity contribution in [2.75, 3.05) is 9.80 Å². The number of amidine groups is 2. The monoisotopic (exact) mass is 762 g/mol. The number of hydrogen-bond acceptors (Lipinski definition) is 6. The second-order valence-corrected chi connectivity index (χ2v) is 18.1. The van der Waals surface area contributed by atoms with E-state index in [2.05, 4.69) is 209 Å². The number of nitrogens with zero attached hydrogens (tertiary/aromatic N) is 8. The molecule has 58 heavy (non-hydrogen) atoms. The highest BCUT2D eigenvalue weighted by Crippen LogP contribution is 2.43. The first kappa shape index (κ1) is 36.1. The van der Waals surface area contributed by atoms with Crippen LogP contribution in [-0.2, 0) is 0 Å². The van der Waals surface area contributed by atoms with Gasteiger partial charge in [0.1, 0.15) is 34.9 Å². The average molecular weight is 763 g/mol. The van der Waals surface area contributed by atoms with Gasteiger partial charge in [0.25, 0.3) is 0 Å². The maximum Gasteiger partial charge on any atom is 0.140 e. The van der Waals surface area contributed by atoms with Crippen molar-refractivity contribution < 1.29 is 0 Å². The van der Waals surface area contributed by atoms with Gasteiger partial charge >= 0.3 is 0 Å². The Kier molecular flexibility index (Phi) is 7.54. The molecule has 0 amide bonds. The summed E-state index contributed by atoms with van der Waals surface area (Å²) in [5.41, 5.74) is 5.87. The summed E-state index contributed by atoms with van der Waals surface area (Å²) in [7, 11) is 0. The molecular weight excluding hydrogens is 713 g/mol. The van der Waals surface area contributed by atoms with E-state index < -0.39 is 0 Å². The molecule has 0 fully saturated rings. The van der Waals surface area contributed by atoms with Crippen LogP contribution in [0.2, 0.25) is 0 Å². The molecule has 6 heterocycles. The molecular formula is C50H50N8. The van der Waals surface area contributed by atoms with E-state index >= 15 is 0 Å². The maximum absolute atomic E-state index is 5.32. The maximum atomic E-state index is 5.32. The third kappa shape index (κ3) is 4.99. The predicted octanol–water partition coefficient (Wildman–Crippen LogP) is 11.9. The Morgan fingerprint density at radius 2 is 0.741 bits per heavy atom. The van der Waals surface area contributed by atoms with Crippen molar-refractivity contribution in [1.29, 1.82) is 0 Å². The van der Waals surface area contributed by atoms with Gasteiger partial charge in [-0.05, 0) is 141 Å². The van der Waals surface area contributed by atoms with Gasteiger partial charge in [-0.15, -0.1) is 0 Å². The van der Waals surface area contributed by atoms with Crippen molar-refractivity contribution in [3.05, 3.63) is 121 Å². The summed E-state index contributed by atoms with van der Waals surface area (Å²) in [5, 5.41) is 4.77. The van der Waals surface area contributed by atoms with Crippen LogP contribution in [-0.4, -0.2) is 52.9 Å². The fourth-order valence-electron chi connectivity index (χ4n) is 9.56. The van der Waals surface area contributed by atoms with E-state index in [-0.39, 0.29) is 22.2 Å². The Balaban J connectivity index is 1.08. The van der Waals surface area contributed by atoms with Gasteiger partial charge in [-0.25, -0.2) is 9.97 Å². The number of para-hydroxylation sites is 2. The highest BCUT2D eigenvalue weighted by atomic mass is 15.4. The minimum absolute atomic E-state index is 0.233. The fraction of sp³-hybridized carbons (Fsp3) is 0.280. The van der Waals surface area contributed by atoms with Crippen LogP contribution < -0.4 is 9.80 Å². The summed E-state index contributed by atoms with van der Waals surface area (Å²) in [6.45, 7) is 22.0. The average Bonchev–Trinajstić information content (AvgIpc) is 3.80. The van der Waals surface area contributed by atoms with E-state index in [1.807, 2.05) is 0 Å². The second kappa shape index (κ2) is 12.1. The number of rotatable bonds is 5. The number of aliphatic imine (C=N–C) groups is 2. The Morgan fingerprint density at radius 3 is 1.12 bits per heavy atom. The minimum Gasteiger partial charge on any atom is -0.307 e. The number of aromatic nitrogens is 4. The van der Waals surface area contributed by atoms with Crippen molar-refractivity contribution >= 4 is 66.9 Å². The minimum atomic E-state index is -0.241. The molecule has 0 aliphatic carbocycles. The summed E-state index contributed by atoms with van der Waals surface area (Å²) in [5.74, 6) is 5.54. The van der Waals surface area contributed by atoms with Crippen molar-refractivity contribution in [3.63, 3.8) is 0 Å². The number of hydrogen-bond donors (Lipinski definition) is 0. The van der Waals surface area contributed by atoms with Crippen LogP contribution in [0.4, 0.5) is 11.6 Å². The van der Waals surface area contributed by atoms with Gasteiger partial charge in [0.15, 0.2) is 0 Å². The number of fused-ring (bicyclic) bond motifs is 6. The van der Waals surface area contributed by atoms with Gasteiger partial charge in [-0.2, -0.15) is 0 Å². The molecule has 0 atom stereocenters. The van der Waals surface area contributed by atoms with Crippen LogP contribution in [0.5, 0.6) is 0 Å². The molecule has 8 heteroatoms. The predicted molar refractivity (Wildman–Crippen MR) is 244 cm³/mol. The molecule has 4 aromatic heterocycles. The quantitative estimate of drug-likeness (QED) is 0.175. The molecule has 0 saturated carbocycles. The van der Waals surface area contributed by atoms with E-state index in [1.165, 1.54) is 21.5 Å². The molecule has 8 aromatic rings. The fourth-order valence-corrected chi connectivity index (χ4v) is 9.56. The third-order valence-corrected chi connectivity index (χ3v) is 13.7. The molecule has 4 aromatic carbocycles. The molecule has 0 radical (unpaired) electrons. The van der Waals surface area contributed by atoms with Gasteiger partial charge < -0.3 is 9.80 Å². The molecule has 2 aliphatic rings. The smallest absolute Gasteiger partial charge is 0.140 e. The number of anilines is 2. The highest BCUT2D eigenvalue weighted by molar-refractivity contribution is 6.13. The lowest BCUT2D eigenvalue weighted by Gasteiger charge is -2.40. The summed E-state index contributed by atoms with van der Waals surface area (Å²) in [6, 6.07) is 43.7. The molecule has 10 rings (SSSR count). The zero-order valence-electron chi connectivity index (χ0n) is 35.1. The van der Waals surface area contributed by atoms with Crippen LogP contribution in [0.25, 0.3) is 66.4 Å². The first-order chi connectivity index (χ1) is 27.6. The Bertz CT molecular complexity index is 2850. The number of benzene rings is 4. The SMILES string of the molecule is CC1=NC(C)(C)C(C)(C)N1c1cccc(-n2c3ccccc3c3cc(-c4ccc5c(c4)c4ccccc4n5-c4cccc(N5C(C)=NC(C)(C)C5(C)C)n4)ccc32)n1. The Hall–Kier alpha value is -6.28. The first-order valence-corrected chi connectivity index (χ1v) is 20.3. The summed E-state index contributed by atoms with van der Waals surface area (Å²) in [6.07, 6.45) is 0. The van der Waals surface area contributed by atoms with Crippen molar-refractivity contribution in [3.8, 4) is 22.8 Å². The van der Waals surface area contributed by atoms with Crippen LogP contribution in [0.1, 0.15) is 69.2 Å². The zero-order chi connectivity index (χ0) is 40.5. The lowest BCUT2D eigenvalue weighted by atomic mass is 9.83. The van der Waals surface area contributed by atoms with Crippen molar-refractivity contribution in [1.82, 2.24) is 19.1 Å². The topological polar surface area (TPSA) is 66.8 Å². The van der Waals surface area contributed by atoms with E-state index in [0.29, 0.717) is 0 Å².